The summed E-state index contributed by atoms with van der Waals surface area (Å²) in [5, 5.41) is 4.71. The van der Waals surface area contributed by atoms with Crippen molar-refractivity contribution in [2.45, 2.75) is 6.04 Å². The summed E-state index contributed by atoms with van der Waals surface area (Å²) in [6.07, 6.45) is 0. The van der Waals surface area contributed by atoms with Gasteiger partial charge in [-0.2, -0.15) is 0 Å². The summed E-state index contributed by atoms with van der Waals surface area (Å²) in [5.41, 5.74) is 0.588. The summed E-state index contributed by atoms with van der Waals surface area (Å²) in [5.74, 6) is -3.29. The van der Waals surface area contributed by atoms with Crippen molar-refractivity contribution < 1.29 is 23.1 Å². The van der Waals surface area contributed by atoms with Crippen molar-refractivity contribution in [2.75, 3.05) is 6.61 Å². The van der Waals surface area contributed by atoms with Crippen LogP contribution >= 0.6 is 11.3 Å². The van der Waals surface area contributed by atoms with Crippen molar-refractivity contribution in [1.82, 2.24) is 5.32 Å². The highest BCUT2D eigenvalue weighted by Crippen LogP contribution is 2.25. The summed E-state index contributed by atoms with van der Waals surface area (Å²) in [7, 11) is 0. The van der Waals surface area contributed by atoms with Crippen LogP contribution in [-0.2, 0) is 9.53 Å². The van der Waals surface area contributed by atoms with E-state index in [9.17, 15) is 18.4 Å². The Morgan fingerprint density at radius 3 is 2.33 bits per heavy atom. The molecule has 1 heterocycles. The Kier molecular flexibility index (Phi) is 5.93. The fourth-order valence-corrected chi connectivity index (χ4v) is 3.31. The van der Waals surface area contributed by atoms with Crippen LogP contribution in [-0.4, -0.2) is 18.5 Å². The fraction of sp³-hybridized carbons (Fsp3) is 0.100. The summed E-state index contributed by atoms with van der Waals surface area (Å²) in [6.45, 7) is -0.564. The first-order valence-corrected chi connectivity index (χ1v) is 8.92. The molecule has 0 unspecified atom stereocenters. The standard InChI is InChI=1S/C20H15F2NO3S/c21-15-9-14(10-16(22)11-15)20(25)26-12-18(24)23-19(17-7-4-8-27-17)13-5-2-1-3-6-13/h1-11,19H,12H2,(H,23,24)/t19-/m1/s1. The monoisotopic (exact) mass is 387 g/mol. The second-order valence-corrected chi connectivity index (χ2v) is 6.64. The molecule has 3 aromatic rings. The van der Waals surface area contributed by atoms with Crippen LogP contribution < -0.4 is 5.32 Å². The van der Waals surface area contributed by atoms with E-state index in [4.69, 9.17) is 4.74 Å². The molecule has 2 aromatic carbocycles. The third-order valence-electron chi connectivity index (χ3n) is 3.70. The van der Waals surface area contributed by atoms with Crippen molar-refractivity contribution in [3.8, 4) is 0 Å². The first-order valence-electron chi connectivity index (χ1n) is 8.04. The summed E-state index contributed by atoms with van der Waals surface area (Å²) >= 11 is 1.49. The molecule has 0 aliphatic heterocycles. The predicted octanol–water partition coefficient (Wildman–Crippen LogP) is 4.09. The van der Waals surface area contributed by atoms with Gasteiger partial charge in [0.25, 0.3) is 5.91 Å². The van der Waals surface area contributed by atoms with Gasteiger partial charge in [-0.05, 0) is 29.1 Å². The summed E-state index contributed by atoms with van der Waals surface area (Å²) in [6, 6.07) is 15.1. The molecule has 0 saturated heterocycles. The highest BCUT2D eigenvalue weighted by Gasteiger charge is 2.19. The van der Waals surface area contributed by atoms with E-state index in [2.05, 4.69) is 5.32 Å². The minimum atomic E-state index is -0.976. The topological polar surface area (TPSA) is 55.4 Å². The predicted molar refractivity (Wildman–Crippen MR) is 97.4 cm³/mol. The van der Waals surface area contributed by atoms with Crippen LogP contribution in [0.15, 0.2) is 66.0 Å². The molecule has 1 N–H and O–H groups in total. The molecule has 0 aliphatic rings. The number of carbonyl (C=O) groups is 2. The Morgan fingerprint density at radius 2 is 1.70 bits per heavy atom. The van der Waals surface area contributed by atoms with E-state index >= 15 is 0 Å². The van der Waals surface area contributed by atoms with E-state index in [0.717, 1.165) is 22.6 Å². The zero-order valence-corrected chi connectivity index (χ0v) is 14.8. The highest BCUT2D eigenvalue weighted by molar-refractivity contribution is 7.10. The lowest BCUT2D eigenvalue weighted by atomic mass is 10.1. The largest absolute Gasteiger partial charge is 0.452 e. The van der Waals surface area contributed by atoms with E-state index < -0.39 is 30.1 Å². The molecule has 3 rings (SSSR count). The number of carbonyl (C=O) groups excluding carboxylic acids is 2. The second kappa shape index (κ2) is 8.55. The lowest BCUT2D eigenvalue weighted by molar-refractivity contribution is -0.124. The Hall–Kier alpha value is -3.06. The number of esters is 1. The number of ether oxygens (including phenoxy) is 1. The maximum atomic E-state index is 13.2. The number of halogens is 2. The minimum Gasteiger partial charge on any atom is -0.452 e. The van der Waals surface area contributed by atoms with Gasteiger partial charge in [0.1, 0.15) is 11.6 Å². The molecule has 0 bridgehead atoms. The lowest BCUT2D eigenvalue weighted by Gasteiger charge is -2.18. The van der Waals surface area contributed by atoms with E-state index in [0.29, 0.717) is 6.07 Å². The number of hydrogen-bond acceptors (Lipinski definition) is 4. The zero-order chi connectivity index (χ0) is 19.2. The molecule has 0 fully saturated rings. The van der Waals surface area contributed by atoms with Crippen LogP contribution in [0, 0.1) is 11.6 Å². The Balaban J connectivity index is 1.65. The molecule has 0 radical (unpaired) electrons. The normalized spacial score (nSPS) is 11.6. The summed E-state index contributed by atoms with van der Waals surface area (Å²) < 4.78 is 31.2. The van der Waals surface area contributed by atoms with Gasteiger partial charge in [0.2, 0.25) is 0 Å². The van der Waals surface area contributed by atoms with Crippen LogP contribution in [0.5, 0.6) is 0 Å². The number of hydrogen-bond donors (Lipinski definition) is 1. The molecule has 0 saturated carbocycles. The average Bonchev–Trinajstić information content (AvgIpc) is 3.18. The Morgan fingerprint density at radius 1 is 1.00 bits per heavy atom. The molecule has 0 spiro atoms. The molecule has 27 heavy (non-hydrogen) atoms. The smallest absolute Gasteiger partial charge is 0.338 e. The van der Waals surface area contributed by atoms with Crippen LogP contribution in [0.2, 0.25) is 0 Å². The number of thiophene rings is 1. The van der Waals surface area contributed by atoms with Crippen LogP contribution in [0.25, 0.3) is 0 Å². The van der Waals surface area contributed by atoms with E-state index in [-0.39, 0.29) is 11.6 Å². The molecular weight excluding hydrogens is 372 g/mol. The minimum absolute atomic E-state index is 0.293. The molecule has 138 valence electrons. The van der Waals surface area contributed by atoms with Crippen LogP contribution in [0.4, 0.5) is 8.78 Å². The molecule has 7 heteroatoms. The van der Waals surface area contributed by atoms with Gasteiger partial charge in [0.05, 0.1) is 11.6 Å². The van der Waals surface area contributed by atoms with Gasteiger partial charge in [0.15, 0.2) is 6.61 Å². The van der Waals surface area contributed by atoms with Crippen molar-refractivity contribution in [3.05, 3.63) is 93.7 Å². The maximum Gasteiger partial charge on any atom is 0.338 e. The third kappa shape index (κ3) is 4.98. The van der Waals surface area contributed by atoms with Crippen molar-refractivity contribution in [2.24, 2.45) is 0 Å². The van der Waals surface area contributed by atoms with Gasteiger partial charge in [0, 0.05) is 10.9 Å². The fourth-order valence-electron chi connectivity index (χ4n) is 2.51. The molecule has 1 atom stereocenters. The van der Waals surface area contributed by atoms with Gasteiger partial charge >= 0.3 is 5.97 Å². The Bertz CT molecular complexity index is 909. The maximum absolute atomic E-state index is 13.2. The van der Waals surface area contributed by atoms with Crippen molar-refractivity contribution >= 4 is 23.2 Å². The number of nitrogens with one attached hydrogen (secondary N) is 1. The van der Waals surface area contributed by atoms with E-state index in [1.54, 1.807) is 0 Å². The van der Waals surface area contributed by atoms with Gasteiger partial charge in [-0.25, -0.2) is 13.6 Å². The zero-order valence-electron chi connectivity index (χ0n) is 14.0. The van der Waals surface area contributed by atoms with Crippen LogP contribution in [0.1, 0.15) is 26.8 Å². The quantitative estimate of drug-likeness (QED) is 0.648. The average molecular weight is 387 g/mol. The van der Waals surface area contributed by atoms with Crippen molar-refractivity contribution in [3.63, 3.8) is 0 Å². The van der Waals surface area contributed by atoms with Gasteiger partial charge in [-0.15, -0.1) is 11.3 Å². The Labute approximate surface area is 158 Å². The second-order valence-electron chi connectivity index (χ2n) is 5.66. The van der Waals surface area contributed by atoms with E-state index in [1.807, 2.05) is 47.8 Å². The van der Waals surface area contributed by atoms with Gasteiger partial charge in [-0.1, -0.05) is 36.4 Å². The SMILES string of the molecule is O=C(COC(=O)c1cc(F)cc(F)c1)N[C@H](c1ccccc1)c1cccs1. The highest BCUT2D eigenvalue weighted by atomic mass is 32.1. The summed E-state index contributed by atoms with van der Waals surface area (Å²) in [4.78, 5) is 25.1. The first-order chi connectivity index (χ1) is 13.0. The molecular formula is C20H15F2NO3S. The number of rotatable bonds is 6. The van der Waals surface area contributed by atoms with Gasteiger partial charge < -0.3 is 10.1 Å². The van der Waals surface area contributed by atoms with E-state index in [1.165, 1.54) is 11.3 Å². The van der Waals surface area contributed by atoms with Crippen molar-refractivity contribution in [1.29, 1.82) is 0 Å². The first kappa shape index (κ1) is 18.7. The third-order valence-corrected chi connectivity index (χ3v) is 4.64. The number of amides is 1. The lowest BCUT2D eigenvalue weighted by Crippen LogP contribution is -2.32. The molecule has 0 aliphatic carbocycles. The van der Waals surface area contributed by atoms with Crippen LogP contribution in [0.3, 0.4) is 0 Å². The number of benzene rings is 2. The molecule has 4 nitrogen and oxygen atoms in total. The molecule has 1 amide bonds. The van der Waals surface area contributed by atoms with Gasteiger partial charge in [-0.3, -0.25) is 4.79 Å². The molecule has 1 aromatic heterocycles.